The molecule has 0 unspecified atom stereocenters. The molecule has 0 aliphatic carbocycles. The first-order valence-corrected chi connectivity index (χ1v) is 10.8. The van der Waals surface area contributed by atoms with E-state index in [1.807, 2.05) is 0 Å². The van der Waals surface area contributed by atoms with Crippen molar-refractivity contribution in [3.8, 4) is 0 Å². The van der Waals surface area contributed by atoms with E-state index in [1.165, 1.54) is 0 Å². The van der Waals surface area contributed by atoms with Crippen molar-refractivity contribution in [1.82, 2.24) is 16.0 Å². The first kappa shape index (κ1) is 30.8. The molecular formula is C19H30N4O10S. The lowest BCUT2D eigenvalue weighted by Crippen LogP contribution is -2.58. The average molecular weight is 507 g/mol. The Bertz CT molecular complexity index is 804. The van der Waals surface area contributed by atoms with Crippen LogP contribution >= 0.6 is 12.6 Å². The van der Waals surface area contributed by atoms with Crippen LogP contribution in [-0.2, 0) is 33.6 Å². The van der Waals surface area contributed by atoms with E-state index >= 15 is 0 Å². The lowest BCUT2D eigenvalue weighted by molar-refractivity contribution is -0.141. The molecule has 0 heterocycles. The molecule has 0 saturated heterocycles. The molecule has 0 aromatic rings. The summed E-state index contributed by atoms with van der Waals surface area (Å²) in [4.78, 5) is 82.2. The Kier molecular flexibility index (Phi) is 13.5. The maximum Gasteiger partial charge on any atom is 0.305 e. The summed E-state index contributed by atoms with van der Waals surface area (Å²) in [6, 6.07) is -5.65. The van der Waals surface area contributed by atoms with Crippen LogP contribution in [0.3, 0.4) is 0 Å². The summed E-state index contributed by atoms with van der Waals surface area (Å²) in [5.41, 5.74) is 5.47. The number of carboxylic acids is 3. The van der Waals surface area contributed by atoms with Crippen LogP contribution in [0.15, 0.2) is 0 Å². The minimum atomic E-state index is -1.51. The van der Waals surface area contributed by atoms with Gasteiger partial charge in [-0.2, -0.15) is 12.6 Å². The zero-order chi connectivity index (χ0) is 26.6. The van der Waals surface area contributed by atoms with E-state index in [0.717, 1.165) is 0 Å². The first-order chi connectivity index (χ1) is 15.7. The second kappa shape index (κ2) is 14.8. The molecule has 8 N–H and O–H groups in total. The predicted octanol–water partition coefficient (Wildman–Crippen LogP) is -2.26. The fraction of sp³-hybridized carbons (Fsp3) is 0.632. The lowest BCUT2D eigenvalue weighted by Gasteiger charge is -2.27. The molecule has 0 aliphatic rings. The lowest BCUT2D eigenvalue weighted by atomic mass is 10.0. The minimum Gasteiger partial charge on any atom is -0.481 e. The smallest absolute Gasteiger partial charge is 0.305 e. The SMILES string of the molecule is CC(C)[C@H](NC(=O)[C@H](CCC(=O)O)NC(=O)[C@@H](N)CC(=O)O)C(=O)N[C@@H](CC(=O)O)C(=O)CS. The number of carboxylic acid groups (broad SMARTS) is 3. The topological polar surface area (TPSA) is 242 Å². The van der Waals surface area contributed by atoms with Crippen molar-refractivity contribution in [3.63, 3.8) is 0 Å². The molecule has 0 radical (unpaired) electrons. The van der Waals surface area contributed by atoms with Gasteiger partial charge in [-0.3, -0.25) is 33.6 Å². The van der Waals surface area contributed by atoms with Crippen molar-refractivity contribution in [2.75, 3.05) is 5.75 Å². The molecule has 192 valence electrons. The van der Waals surface area contributed by atoms with Crippen LogP contribution in [0.4, 0.5) is 0 Å². The van der Waals surface area contributed by atoms with Gasteiger partial charge in [-0.15, -0.1) is 0 Å². The molecule has 3 amide bonds. The molecule has 0 aromatic heterocycles. The van der Waals surface area contributed by atoms with Gasteiger partial charge in [0.25, 0.3) is 0 Å². The van der Waals surface area contributed by atoms with E-state index < -0.39 is 90.8 Å². The molecule has 15 heteroatoms. The normalized spacial score (nSPS) is 14.3. The van der Waals surface area contributed by atoms with Crippen LogP contribution in [0.1, 0.15) is 39.5 Å². The maximum atomic E-state index is 12.8. The van der Waals surface area contributed by atoms with Crippen LogP contribution in [0.5, 0.6) is 0 Å². The summed E-state index contributed by atoms with van der Waals surface area (Å²) >= 11 is 3.78. The van der Waals surface area contributed by atoms with Crippen molar-refractivity contribution in [2.24, 2.45) is 11.7 Å². The fourth-order valence-electron chi connectivity index (χ4n) is 2.68. The molecule has 0 aromatic carbocycles. The van der Waals surface area contributed by atoms with Gasteiger partial charge in [0.15, 0.2) is 5.78 Å². The zero-order valence-electron chi connectivity index (χ0n) is 18.6. The van der Waals surface area contributed by atoms with E-state index in [0.29, 0.717) is 0 Å². The molecule has 34 heavy (non-hydrogen) atoms. The maximum absolute atomic E-state index is 12.8. The van der Waals surface area contributed by atoms with Gasteiger partial charge in [-0.1, -0.05) is 13.8 Å². The second-order valence-corrected chi connectivity index (χ2v) is 8.03. The van der Waals surface area contributed by atoms with Gasteiger partial charge in [0.2, 0.25) is 17.7 Å². The number of hydrogen-bond acceptors (Lipinski definition) is 9. The van der Waals surface area contributed by atoms with E-state index in [1.54, 1.807) is 13.8 Å². The Hall–Kier alpha value is -3.20. The zero-order valence-corrected chi connectivity index (χ0v) is 19.5. The third-order valence-electron chi connectivity index (χ3n) is 4.50. The van der Waals surface area contributed by atoms with Gasteiger partial charge < -0.3 is 37.0 Å². The van der Waals surface area contributed by atoms with E-state index in [9.17, 15) is 33.6 Å². The summed E-state index contributed by atoms with van der Waals surface area (Å²) in [5, 5.41) is 33.4. The van der Waals surface area contributed by atoms with Gasteiger partial charge in [0.05, 0.1) is 30.7 Å². The Morgan fingerprint density at radius 2 is 1.29 bits per heavy atom. The summed E-state index contributed by atoms with van der Waals surface area (Å²) in [7, 11) is 0. The number of amides is 3. The number of aliphatic carboxylic acids is 3. The molecule has 0 aliphatic heterocycles. The Morgan fingerprint density at radius 1 is 0.765 bits per heavy atom. The Morgan fingerprint density at radius 3 is 1.74 bits per heavy atom. The van der Waals surface area contributed by atoms with Crippen molar-refractivity contribution < 1.29 is 48.9 Å². The van der Waals surface area contributed by atoms with E-state index in [4.69, 9.17) is 21.1 Å². The quantitative estimate of drug-likeness (QED) is 0.104. The van der Waals surface area contributed by atoms with Gasteiger partial charge in [0.1, 0.15) is 12.1 Å². The van der Waals surface area contributed by atoms with Crippen LogP contribution in [-0.4, -0.2) is 86.7 Å². The van der Waals surface area contributed by atoms with Crippen molar-refractivity contribution in [3.05, 3.63) is 0 Å². The summed E-state index contributed by atoms with van der Waals surface area (Å²) < 4.78 is 0. The van der Waals surface area contributed by atoms with Gasteiger partial charge in [-0.05, 0) is 12.3 Å². The number of ketones is 1. The van der Waals surface area contributed by atoms with Crippen LogP contribution in [0, 0.1) is 5.92 Å². The second-order valence-electron chi connectivity index (χ2n) is 7.71. The number of hydrogen-bond donors (Lipinski definition) is 8. The van der Waals surface area contributed by atoms with Crippen molar-refractivity contribution >= 4 is 54.0 Å². The number of thiol groups is 1. The predicted molar refractivity (Wildman–Crippen MR) is 119 cm³/mol. The molecule has 0 saturated carbocycles. The van der Waals surface area contributed by atoms with Crippen molar-refractivity contribution in [1.29, 1.82) is 0 Å². The highest BCUT2D eigenvalue weighted by Crippen LogP contribution is 2.07. The Labute approximate surface area is 200 Å². The summed E-state index contributed by atoms with van der Waals surface area (Å²) in [6.45, 7) is 3.09. The first-order valence-electron chi connectivity index (χ1n) is 10.1. The highest BCUT2D eigenvalue weighted by Gasteiger charge is 2.32. The number of carbonyl (C=O) groups is 7. The monoisotopic (exact) mass is 506 g/mol. The third-order valence-corrected chi connectivity index (χ3v) is 4.81. The van der Waals surface area contributed by atoms with Gasteiger partial charge in [-0.25, -0.2) is 0 Å². The van der Waals surface area contributed by atoms with Gasteiger partial charge >= 0.3 is 17.9 Å². The Balaban J connectivity index is 5.57. The van der Waals surface area contributed by atoms with Crippen LogP contribution in [0.25, 0.3) is 0 Å². The number of Topliss-reactive ketones (excluding diaryl/α,β-unsaturated/α-hetero) is 1. The van der Waals surface area contributed by atoms with Crippen LogP contribution in [0.2, 0.25) is 0 Å². The number of nitrogens with two attached hydrogens (primary N) is 1. The summed E-state index contributed by atoms with van der Waals surface area (Å²) in [6.07, 6.45) is -2.37. The highest BCUT2D eigenvalue weighted by atomic mass is 32.1. The number of carbonyl (C=O) groups excluding carboxylic acids is 4. The summed E-state index contributed by atoms with van der Waals surface area (Å²) in [5.74, 6) is -8.40. The number of nitrogens with one attached hydrogen (secondary N) is 3. The molecular weight excluding hydrogens is 476 g/mol. The average Bonchev–Trinajstić information content (AvgIpc) is 2.71. The standard InChI is InChI=1S/C19H30N4O10S/c1-8(2)16(19(33)22-11(6-15(29)30)12(24)7-34)23-18(32)10(3-4-13(25)26)21-17(31)9(20)5-14(27)28/h8-11,16,34H,3-7,20H2,1-2H3,(H,21,31)(H,22,33)(H,23,32)(H,25,26)(H,27,28)(H,29,30)/t9-,10-,11-,16-/m0/s1. The molecule has 0 rings (SSSR count). The molecule has 0 bridgehead atoms. The van der Waals surface area contributed by atoms with E-state index in [-0.39, 0.29) is 12.2 Å². The van der Waals surface area contributed by atoms with E-state index in [2.05, 4.69) is 28.6 Å². The van der Waals surface area contributed by atoms with Crippen LogP contribution < -0.4 is 21.7 Å². The highest BCUT2D eigenvalue weighted by molar-refractivity contribution is 7.81. The number of rotatable bonds is 16. The molecule has 14 nitrogen and oxygen atoms in total. The minimum absolute atomic E-state index is 0.336. The van der Waals surface area contributed by atoms with Crippen molar-refractivity contribution in [2.45, 2.75) is 63.7 Å². The largest absolute Gasteiger partial charge is 0.481 e. The third kappa shape index (κ3) is 11.6. The molecule has 0 fully saturated rings. The fourth-order valence-corrected chi connectivity index (χ4v) is 2.90. The van der Waals surface area contributed by atoms with Gasteiger partial charge in [0, 0.05) is 6.42 Å². The molecule has 4 atom stereocenters. The molecule has 0 spiro atoms.